The van der Waals surface area contributed by atoms with Crippen LogP contribution in [0.2, 0.25) is 4.47 Å². The van der Waals surface area contributed by atoms with Gasteiger partial charge < -0.3 is 0 Å². The molecule has 0 radical (unpaired) electrons. The molecule has 0 aliphatic rings. The van der Waals surface area contributed by atoms with Crippen molar-refractivity contribution in [2.75, 3.05) is 14.2 Å². The van der Waals surface area contributed by atoms with E-state index in [0.29, 0.717) is 0 Å². The van der Waals surface area contributed by atoms with Crippen LogP contribution in [0.1, 0.15) is 6.92 Å². The molecule has 0 amide bonds. The SMILES string of the molecule is CC[Te](I)(I)c1c(OC)cccc1OC. The summed E-state index contributed by atoms with van der Waals surface area (Å²) >= 11 is 5.24. The van der Waals surface area contributed by atoms with E-state index in [-0.39, 0.29) is 0 Å². The predicted molar refractivity (Wildman–Crippen MR) is 83.5 cm³/mol. The van der Waals surface area contributed by atoms with Gasteiger partial charge in [0, 0.05) is 0 Å². The van der Waals surface area contributed by atoms with E-state index in [1.807, 2.05) is 18.2 Å². The molecule has 0 bridgehead atoms. The van der Waals surface area contributed by atoms with Gasteiger partial charge in [-0.3, -0.25) is 0 Å². The van der Waals surface area contributed by atoms with Crippen LogP contribution < -0.4 is 13.1 Å². The fourth-order valence-corrected chi connectivity index (χ4v) is 10.4. The average molecular weight is 548 g/mol. The van der Waals surface area contributed by atoms with Crippen molar-refractivity contribution >= 4 is 51.3 Å². The Morgan fingerprint density at radius 2 is 1.60 bits per heavy atom. The van der Waals surface area contributed by atoms with Crippen LogP contribution in [-0.2, 0) is 0 Å². The van der Waals surface area contributed by atoms with Crippen LogP contribution in [-0.4, -0.2) is 24.5 Å². The Hall–Kier alpha value is 1.07. The van der Waals surface area contributed by atoms with E-state index in [0.717, 1.165) is 11.5 Å². The second-order valence-corrected chi connectivity index (χ2v) is 40.4. The molecule has 5 heteroatoms. The van der Waals surface area contributed by atoms with Gasteiger partial charge in [0.25, 0.3) is 0 Å². The minimum atomic E-state index is -2.05. The molecule has 0 spiro atoms. The second-order valence-electron chi connectivity index (χ2n) is 2.86. The zero-order chi connectivity index (χ0) is 11.5. The summed E-state index contributed by atoms with van der Waals surface area (Å²) in [5.41, 5.74) is 0. The quantitative estimate of drug-likeness (QED) is 0.426. The normalized spacial score (nSPS) is 12.3. The Morgan fingerprint density at radius 1 is 1.13 bits per heavy atom. The fraction of sp³-hybridized carbons (Fsp3) is 0.400. The molecule has 0 aromatic heterocycles. The monoisotopic (exact) mass is 550 g/mol. The molecular weight excluding hydrogens is 534 g/mol. The van der Waals surface area contributed by atoms with Gasteiger partial charge in [0.15, 0.2) is 0 Å². The first kappa shape index (κ1) is 14.1. The first-order chi connectivity index (χ1) is 7.06. The maximum absolute atomic E-state index is 5.43. The molecule has 0 atom stereocenters. The summed E-state index contributed by atoms with van der Waals surface area (Å²) in [6.45, 7) is 2.24. The average Bonchev–Trinajstić information content (AvgIpc) is 2.27. The Balaban J connectivity index is 3.34. The van der Waals surface area contributed by atoms with Gasteiger partial charge in [-0.15, -0.1) is 0 Å². The van der Waals surface area contributed by atoms with Gasteiger partial charge in [-0.1, -0.05) is 0 Å². The van der Waals surface area contributed by atoms with Gasteiger partial charge in [-0.2, -0.15) is 0 Å². The van der Waals surface area contributed by atoms with E-state index >= 15 is 0 Å². The number of ether oxygens (including phenoxy) is 2. The maximum atomic E-state index is 5.43. The van der Waals surface area contributed by atoms with Crippen LogP contribution >= 0.6 is 37.4 Å². The molecule has 0 N–H and O–H groups in total. The second kappa shape index (κ2) is 6.12. The van der Waals surface area contributed by atoms with Crippen molar-refractivity contribution in [2.45, 2.75) is 11.4 Å². The Labute approximate surface area is 114 Å². The zero-order valence-corrected chi connectivity index (χ0v) is 15.6. The summed E-state index contributed by atoms with van der Waals surface area (Å²) < 4.78 is 13.4. The van der Waals surface area contributed by atoms with Crippen LogP contribution in [0.15, 0.2) is 18.2 Å². The standard InChI is InChI=1S/C10H14I2O2Te/c1-4-15(11,12)10-8(13-2)6-5-7-9(10)14-3/h5-7H,4H2,1-3H3. The number of methoxy groups -OCH3 is 2. The van der Waals surface area contributed by atoms with E-state index in [9.17, 15) is 0 Å². The third kappa shape index (κ3) is 3.27. The van der Waals surface area contributed by atoms with Crippen molar-refractivity contribution in [1.82, 2.24) is 0 Å². The van der Waals surface area contributed by atoms with Crippen LogP contribution in [0.3, 0.4) is 0 Å². The van der Waals surface area contributed by atoms with Crippen LogP contribution in [0.5, 0.6) is 11.5 Å². The molecule has 0 aliphatic heterocycles. The third-order valence-electron chi connectivity index (χ3n) is 2.04. The summed E-state index contributed by atoms with van der Waals surface area (Å²) in [6.07, 6.45) is 0. The summed E-state index contributed by atoms with van der Waals surface area (Å²) in [6, 6.07) is 6.01. The van der Waals surface area contributed by atoms with Crippen molar-refractivity contribution in [3.63, 3.8) is 0 Å². The van der Waals surface area contributed by atoms with Crippen molar-refractivity contribution in [1.29, 1.82) is 0 Å². The van der Waals surface area contributed by atoms with Crippen molar-refractivity contribution < 1.29 is 9.47 Å². The van der Waals surface area contributed by atoms with Crippen LogP contribution in [0.25, 0.3) is 0 Å². The molecule has 1 rings (SSSR count). The Morgan fingerprint density at radius 3 is 1.93 bits per heavy atom. The van der Waals surface area contributed by atoms with Crippen molar-refractivity contribution in [3.8, 4) is 11.5 Å². The molecular formula is C10H14I2O2Te. The van der Waals surface area contributed by atoms with Gasteiger partial charge in [0.05, 0.1) is 0 Å². The topological polar surface area (TPSA) is 18.5 Å². The molecule has 0 fully saturated rings. The number of benzene rings is 1. The summed E-state index contributed by atoms with van der Waals surface area (Å²) in [5, 5.41) is 0. The molecule has 86 valence electrons. The van der Waals surface area contributed by atoms with Crippen molar-refractivity contribution in [3.05, 3.63) is 18.2 Å². The molecule has 0 unspecified atom stereocenters. The van der Waals surface area contributed by atoms with Crippen LogP contribution in [0, 0.1) is 0 Å². The van der Waals surface area contributed by atoms with Gasteiger partial charge in [-0.25, -0.2) is 0 Å². The van der Waals surface area contributed by atoms with E-state index in [1.165, 1.54) is 8.08 Å². The fourth-order valence-electron chi connectivity index (χ4n) is 1.26. The van der Waals surface area contributed by atoms with Gasteiger partial charge >= 0.3 is 116 Å². The molecule has 0 heterocycles. The first-order valence-electron chi connectivity index (χ1n) is 4.48. The summed E-state index contributed by atoms with van der Waals surface area (Å²) in [7, 11) is 1.40. The van der Waals surface area contributed by atoms with Crippen LogP contribution in [0.4, 0.5) is 0 Å². The Bertz CT molecular complexity index is 320. The molecule has 0 saturated carbocycles. The molecule has 2 nitrogen and oxygen atoms in total. The van der Waals surface area contributed by atoms with Gasteiger partial charge in [-0.05, 0) is 0 Å². The van der Waals surface area contributed by atoms with Gasteiger partial charge in [0.1, 0.15) is 0 Å². The van der Waals surface area contributed by atoms with E-state index in [2.05, 4.69) is 44.3 Å². The number of hydrogen-bond acceptors (Lipinski definition) is 2. The number of hydrogen-bond donors (Lipinski definition) is 0. The molecule has 0 saturated heterocycles. The van der Waals surface area contributed by atoms with E-state index in [1.54, 1.807) is 14.2 Å². The zero-order valence-electron chi connectivity index (χ0n) is 8.92. The summed E-state index contributed by atoms with van der Waals surface area (Å²) in [4.78, 5) is 0. The molecule has 0 aliphatic carbocycles. The first-order valence-corrected chi connectivity index (χ1v) is 20.9. The molecule has 1 aromatic carbocycles. The predicted octanol–water partition coefficient (Wildman–Crippen LogP) is 3.24. The van der Waals surface area contributed by atoms with Gasteiger partial charge in [0.2, 0.25) is 0 Å². The van der Waals surface area contributed by atoms with E-state index < -0.39 is 10.3 Å². The van der Waals surface area contributed by atoms with E-state index in [4.69, 9.17) is 9.47 Å². The Kier molecular flexibility index (Phi) is 5.77. The number of halogens is 2. The summed E-state index contributed by atoms with van der Waals surface area (Å²) in [5.74, 6) is 1.95. The molecule has 15 heavy (non-hydrogen) atoms. The molecule has 1 aromatic rings. The van der Waals surface area contributed by atoms with Crippen molar-refractivity contribution in [2.24, 2.45) is 0 Å². The third-order valence-corrected chi connectivity index (χ3v) is 21.2. The minimum absolute atomic E-state index is 0.973. The number of rotatable bonds is 4.